The molecule has 4 heteroatoms. The van der Waals surface area contributed by atoms with Gasteiger partial charge in [0.1, 0.15) is 11.6 Å². The van der Waals surface area contributed by atoms with Crippen LogP contribution >= 0.6 is 0 Å². The summed E-state index contributed by atoms with van der Waals surface area (Å²) >= 11 is 0. The van der Waals surface area contributed by atoms with E-state index in [0.717, 1.165) is 28.0 Å². The average Bonchev–Trinajstić information content (AvgIpc) is 2.75. The highest BCUT2D eigenvalue weighted by molar-refractivity contribution is 5.75. The van der Waals surface area contributed by atoms with Crippen molar-refractivity contribution in [2.75, 3.05) is 0 Å². The molecule has 3 rings (SSSR count). The SMILES string of the molecule is Cc1nc2ccccc2n1Cc1cc(F)cc(CN)c1. The third-order valence-corrected chi connectivity index (χ3v) is 3.44. The number of nitrogens with zero attached hydrogens (tertiary/aromatic N) is 2. The molecule has 3 aromatic rings. The molecule has 102 valence electrons. The summed E-state index contributed by atoms with van der Waals surface area (Å²) in [5.41, 5.74) is 9.32. The van der Waals surface area contributed by atoms with Gasteiger partial charge in [-0.15, -0.1) is 0 Å². The Labute approximate surface area is 116 Å². The summed E-state index contributed by atoms with van der Waals surface area (Å²) in [6, 6.07) is 12.9. The molecule has 20 heavy (non-hydrogen) atoms. The van der Waals surface area contributed by atoms with Crippen molar-refractivity contribution in [2.45, 2.75) is 20.0 Å². The van der Waals surface area contributed by atoms with Gasteiger partial charge in [-0.05, 0) is 42.3 Å². The van der Waals surface area contributed by atoms with E-state index >= 15 is 0 Å². The van der Waals surface area contributed by atoms with Crippen LogP contribution < -0.4 is 5.73 Å². The Kier molecular flexibility index (Phi) is 3.24. The van der Waals surface area contributed by atoms with Crippen LogP contribution in [0, 0.1) is 12.7 Å². The largest absolute Gasteiger partial charge is 0.326 e. The van der Waals surface area contributed by atoms with Crippen LogP contribution in [-0.2, 0) is 13.1 Å². The molecule has 1 heterocycles. The van der Waals surface area contributed by atoms with Crippen LogP contribution in [0.1, 0.15) is 17.0 Å². The second-order valence-electron chi connectivity index (χ2n) is 4.91. The fourth-order valence-corrected chi connectivity index (χ4v) is 2.50. The van der Waals surface area contributed by atoms with Crippen molar-refractivity contribution in [2.24, 2.45) is 5.73 Å². The molecule has 0 unspecified atom stereocenters. The van der Waals surface area contributed by atoms with Crippen molar-refractivity contribution in [1.82, 2.24) is 9.55 Å². The van der Waals surface area contributed by atoms with E-state index in [1.54, 1.807) is 6.07 Å². The minimum absolute atomic E-state index is 0.245. The molecule has 0 amide bonds. The van der Waals surface area contributed by atoms with Crippen molar-refractivity contribution < 1.29 is 4.39 Å². The minimum Gasteiger partial charge on any atom is -0.326 e. The highest BCUT2D eigenvalue weighted by Gasteiger charge is 2.08. The third-order valence-electron chi connectivity index (χ3n) is 3.44. The molecule has 0 aliphatic heterocycles. The van der Waals surface area contributed by atoms with E-state index in [-0.39, 0.29) is 5.82 Å². The summed E-state index contributed by atoms with van der Waals surface area (Å²) in [5.74, 6) is 0.676. The molecule has 0 aliphatic carbocycles. The van der Waals surface area contributed by atoms with Gasteiger partial charge in [-0.25, -0.2) is 9.37 Å². The van der Waals surface area contributed by atoms with E-state index in [0.29, 0.717) is 13.1 Å². The monoisotopic (exact) mass is 269 g/mol. The van der Waals surface area contributed by atoms with Gasteiger partial charge in [-0.2, -0.15) is 0 Å². The number of aromatic nitrogens is 2. The first-order chi connectivity index (χ1) is 9.67. The lowest BCUT2D eigenvalue weighted by atomic mass is 10.1. The maximum atomic E-state index is 13.6. The predicted molar refractivity (Wildman–Crippen MR) is 77.9 cm³/mol. The summed E-state index contributed by atoms with van der Waals surface area (Å²) in [5, 5.41) is 0. The number of imidazole rings is 1. The second kappa shape index (κ2) is 5.06. The number of fused-ring (bicyclic) bond motifs is 1. The van der Waals surface area contributed by atoms with Crippen molar-refractivity contribution in [3.05, 3.63) is 65.2 Å². The van der Waals surface area contributed by atoms with E-state index < -0.39 is 0 Å². The predicted octanol–water partition coefficient (Wildman–Crippen LogP) is 2.99. The van der Waals surface area contributed by atoms with Gasteiger partial charge in [0.05, 0.1) is 11.0 Å². The average molecular weight is 269 g/mol. The molecule has 0 bridgehead atoms. The smallest absolute Gasteiger partial charge is 0.123 e. The van der Waals surface area contributed by atoms with Crippen LogP contribution in [-0.4, -0.2) is 9.55 Å². The number of hydrogen-bond donors (Lipinski definition) is 1. The fourth-order valence-electron chi connectivity index (χ4n) is 2.50. The third kappa shape index (κ3) is 2.30. The first-order valence-corrected chi connectivity index (χ1v) is 6.57. The molecular formula is C16H16FN3. The Morgan fingerprint density at radius 2 is 1.90 bits per heavy atom. The lowest BCUT2D eigenvalue weighted by molar-refractivity contribution is 0.620. The molecule has 3 nitrogen and oxygen atoms in total. The molecular weight excluding hydrogens is 253 g/mol. The molecule has 0 aliphatic rings. The summed E-state index contributed by atoms with van der Waals surface area (Å²) in [6.45, 7) is 2.90. The minimum atomic E-state index is -0.245. The van der Waals surface area contributed by atoms with Crippen molar-refractivity contribution in [1.29, 1.82) is 0 Å². The molecule has 0 radical (unpaired) electrons. The van der Waals surface area contributed by atoms with Crippen LogP contribution in [0.15, 0.2) is 42.5 Å². The summed E-state index contributed by atoms with van der Waals surface area (Å²) in [6.07, 6.45) is 0. The maximum absolute atomic E-state index is 13.6. The lowest BCUT2D eigenvalue weighted by Gasteiger charge is -2.09. The van der Waals surface area contributed by atoms with E-state index in [4.69, 9.17) is 5.73 Å². The standard InChI is InChI=1S/C16H16FN3/c1-11-19-15-4-2-3-5-16(15)20(11)10-13-6-12(9-18)7-14(17)8-13/h2-8H,9-10,18H2,1H3. The maximum Gasteiger partial charge on any atom is 0.123 e. The van der Waals surface area contributed by atoms with Crippen LogP contribution in [0.25, 0.3) is 11.0 Å². The van der Waals surface area contributed by atoms with Gasteiger partial charge in [0.2, 0.25) is 0 Å². The molecule has 0 fully saturated rings. The zero-order valence-corrected chi connectivity index (χ0v) is 11.3. The zero-order valence-electron chi connectivity index (χ0n) is 11.3. The van der Waals surface area contributed by atoms with Gasteiger partial charge in [-0.1, -0.05) is 18.2 Å². The first kappa shape index (κ1) is 12.8. The van der Waals surface area contributed by atoms with Crippen LogP contribution in [0.2, 0.25) is 0 Å². The molecule has 0 atom stereocenters. The Hall–Kier alpha value is -2.20. The highest BCUT2D eigenvalue weighted by atomic mass is 19.1. The number of aryl methyl sites for hydroxylation is 1. The summed E-state index contributed by atoms with van der Waals surface area (Å²) < 4.78 is 15.7. The topological polar surface area (TPSA) is 43.8 Å². The van der Waals surface area contributed by atoms with Gasteiger partial charge in [-0.3, -0.25) is 0 Å². The molecule has 2 aromatic carbocycles. The van der Waals surface area contributed by atoms with Gasteiger partial charge < -0.3 is 10.3 Å². The number of benzene rings is 2. The number of rotatable bonds is 3. The Bertz CT molecular complexity index is 762. The normalized spacial score (nSPS) is 11.2. The zero-order chi connectivity index (χ0) is 14.1. The Balaban J connectivity index is 2.05. The van der Waals surface area contributed by atoms with Crippen LogP contribution in [0.4, 0.5) is 4.39 Å². The van der Waals surface area contributed by atoms with E-state index in [2.05, 4.69) is 9.55 Å². The number of halogens is 1. The molecule has 0 spiro atoms. The van der Waals surface area contributed by atoms with E-state index in [9.17, 15) is 4.39 Å². The van der Waals surface area contributed by atoms with Gasteiger partial charge in [0.15, 0.2) is 0 Å². The van der Waals surface area contributed by atoms with Gasteiger partial charge >= 0.3 is 0 Å². The quantitative estimate of drug-likeness (QED) is 0.794. The Morgan fingerprint density at radius 1 is 1.15 bits per heavy atom. The van der Waals surface area contributed by atoms with Crippen molar-refractivity contribution >= 4 is 11.0 Å². The van der Waals surface area contributed by atoms with Gasteiger partial charge in [0, 0.05) is 13.1 Å². The summed E-state index contributed by atoms with van der Waals surface area (Å²) in [4.78, 5) is 4.52. The van der Waals surface area contributed by atoms with Crippen molar-refractivity contribution in [3.8, 4) is 0 Å². The second-order valence-corrected chi connectivity index (χ2v) is 4.91. The molecule has 2 N–H and O–H groups in total. The molecule has 0 saturated heterocycles. The van der Waals surface area contributed by atoms with Gasteiger partial charge in [0.25, 0.3) is 0 Å². The van der Waals surface area contributed by atoms with E-state index in [1.165, 1.54) is 6.07 Å². The molecule has 1 aromatic heterocycles. The van der Waals surface area contributed by atoms with Crippen LogP contribution in [0.3, 0.4) is 0 Å². The Morgan fingerprint density at radius 3 is 2.70 bits per heavy atom. The number of para-hydroxylation sites is 2. The van der Waals surface area contributed by atoms with E-state index in [1.807, 2.05) is 37.3 Å². The first-order valence-electron chi connectivity index (χ1n) is 6.57. The van der Waals surface area contributed by atoms with Crippen LogP contribution in [0.5, 0.6) is 0 Å². The highest BCUT2D eigenvalue weighted by Crippen LogP contribution is 2.18. The number of hydrogen-bond acceptors (Lipinski definition) is 2. The molecule has 0 saturated carbocycles. The summed E-state index contributed by atoms with van der Waals surface area (Å²) in [7, 11) is 0. The fraction of sp³-hybridized carbons (Fsp3) is 0.188. The van der Waals surface area contributed by atoms with Crippen molar-refractivity contribution in [3.63, 3.8) is 0 Å². The number of nitrogens with two attached hydrogens (primary N) is 1. The lowest BCUT2D eigenvalue weighted by Crippen LogP contribution is -2.04.